The maximum absolute atomic E-state index is 12.4. The highest BCUT2D eigenvalue weighted by atomic mass is 16.5. The molecule has 0 unspecified atom stereocenters. The van der Waals surface area contributed by atoms with Crippen molar-refractivity contribution in [3.63, 3.8) is 0 Å². The molecule has 3 aliphatic rings. The molecule has 7 heteroatoms. The number of likely N-dealkylation sites (tertiary alicyclic amines) is 1. The number of aryl methyl sites for hydroxylation is 2. The lowest BCUT2D eigenvalue weighted by Gasteiger charge is -2.38. The third-order valence-corrected chi connectivity index (χ3v) is 6.21. The summed E-state index contributed by atoms with van der Waals surface area (Å²) in [4.78, 5) is 25.7. The van der Waals surface area contributed by atoms with Gasteiger partial charge in [-0.2, -0.15) is 0 Å². The first-order valence-electron chi connectivity index (χ1n) is 10.7. The van der Waals surface area contributed by atoms with Gasteiger partial charge in [0.05, 0.1) is 6.10 Å². The van der Waals surface area contributed by atoms with Crippen LogP contribution in [0.25, 0.3) is 0 Å². The Morgan fingerprint density at radius 1 is 1.14 bits per heavy atom. The van der Waals surface area contributed by atoms with Crippen molar-refractivity contribution >= 4 is 11.7 Å². The number of rotatable bonds is 7. The molecular formula is C21H33N5O2. The summed E-state index contributed by atoms with van der Waals surface area (Å²) in [5.74, 6) is 3.32. The van der Waals surface area contributed by atoms with Gasteiger partial charge in [-0.05, 0) is 64.5 Å². The first-order valence-corrected chi connectivity index (χ1v) is 10.7. The van der Waals surface area contributed by atoms with E-state index in [1.54, 1.807) is 0 Å². The zero-order valence-electron chi connectivity index (χ0n) is 17.2. The fraction of sp³-hybridized carbons (Fsp3) is 0.762. The lowest BCUT2D eigenvalue weighted by atomic mass is 9.95. The Kier molecular flexibility index (Phi) is 6.11. The van der Waals surface area contributed by atoms with E-state index in [0.29, 0.717) is 19.0 Å². The van der Waals surface area contributed by atoms with Gasteiger partial charge in [0.15, 0.2) is 0 Å². The van der Waals surface area contributed by atoms with Crippen molar-refractivity contribution in [1.82, 2.24) is 19.8 Å². The standard InChI is InChI=1S/C21H33N5O2/c1-15-9-22-16(2)24-21(15)23-10-19-13-26(20(27)14-28-19)12-18-5-7-25(8-6-18)11-17-3-4-17/h9,17-19H,3-8,10-14H2,1-2H3,(H,22,23,24)/t19-/m0/s1. The zero-order valence-corrected chi connectivity index (χ0v) is 17.2. The SMILES string of the molecule is Cc1ncc(C)c(NC[C@H]2CN(CC3CCN(CC4CC4)CC3)C(=O)CO2)n1. The highest BCUT2D eigenvalue weighted by molar-refractivity contribution is 5.78. The predicted octanol–water partition coefficient (Wildman–Crippen LogP) is 1.85. The molecule has 1 atom stereocenters. The number of nitrogens with zero attached hydrogens (tertiary/aromatic N) is 4. The van der Waals surface area contributed by atoms with E-state index in [4.69, 9.17) is 4.74 Å². The van der Waals surface area contributed by atoms with Crippen LogP contribution in [0, 0.1) is 25.7 Å². The Morgan fingerprint density at radius 3 is 2.64 bits per heavy atom. The summed E-state index contributed by atoms with van der Waals surface area (Å²) in [6.45, 7) is 9.94. The summed E-state index contributed by atoms with van der Waals surface area (Å²) in [5, 5.41) is 3.37. The normalized spacial score (nSPS) is 24.6. The maximum atomic E-state index is 12.4. The summed E-state index contributed by atoms with van der Waals surface area (Å²) < 4.78 is 5.76. The Morgan fingerprint density at radius 2 is 1.89 bits per heavy atom. The summed E-state index contributed by atoms with van der Waals surface area (Å²) in [7, 11) is 0. The van der Waals surface area contributed by atoms with Gasteiger partial charge in [0, 0.05) is 37.9 Å². The first-order chi connectivity index (χ1) is 13.6. The molecule has 3 fully saturated rings. The smallest absolute Gasteiger partial charge is 0.248 e. The van der Waals surface area contributed by atoms with E-state index < -0.39 is 0 Å². The van der Waals surface area contributed by atoms with E-state index in [2.05, 4.69) is 20.2 Å². The number of ether oxygens (including phenoxy) is 1. The first kappa shape index (κ1) is 19.6. The quantitative estimate of drug-likeness (QED) is 0.770. The number of aromatic nitrogens is 2. The van der Waals surface area contributed by atoms with Gasteiger partial charge in [0.25, 0.3) is 0 Å². The Balaban J connectivity index is 1.24. The minimum atomic E-state index is 0.00215. The molecule has 3 heterocycles. The van der Waals surface area contributed by atoms with E-state index in [1.807, 2.05) is 24.9 Å². The minimum absolute atomic E-state index is 0.00215. The average molecular weight is 388 g/mol. The van der Waals surface area contributed by atoms with Crippen LogP contribution in [0.1, 0.15) is 37.1 Å². The van der Waals surface area contributed by atoms with Crippen molar-refractivity contribution in [1.29, 1.82) is 0 Å². The van der Waals surface area contributed by atoms with Crippen LogP contribution in [0.15, 0.2) is 6.20 Å². The van der Waals surface area contributed by atoms with E-state index in [1.165, 1.54) is 45.3 Å². The summed E-state index contributed by atoms with van der Waals surface area (Å²) in [6.07, 6.45) is 7.09. The third kappa shape index (κ3) is 5.20. The zero-order chi connectivity index (χ0) is 19.5. The number of hydrogen-bond acceptors (Lipinski definition) is 6. The number of anilines is 1. The topological polar surface area (TPSA) is 70.6 Å². The largest absolute Gasteiger partial charge is 0.367 e. The molecule has 0 bridgehead atoms. The Bertz CT molecular complexity index is 685. The van der Waals surface area contributed by atoms with Crippen molar-refractivity contribution < 1.29 is 9.53 Å². The number of amides is 1. The Hall–Kier alpha value is -1.73. The van der Waals surface area contributed by atoms with Crippen molar-refractivity contribution in [2.24, 2.45) is 11.8 Å². The van der Waals surface area contributed by atoms with Crippen LogP contribution in [0.3, 0.4) is 0 Å². The summed E-state index contributed by atoms with van der Waals surface area (Å²) in [6, 6.07) is 0. The molecule has 1 amide bonds. The number of hydrogen-bond donors (Lipinski definition) is 1. The highest BCUT2D eigenvalue weighted by Gasteiger charge is 2.31. The molecule has 1 aliphatic carbocycles. The fourth-order valence-electron chi connectivity index (χ4n) is 4.23. The van der Waals surface area contributed by atoms with Gasteiger partial charge < -0.3 is 19.9 Å². The van der Waals surface area contributed by atoms with E-state index in [-0.39, 0.29) is 18.6 Å². The molecule has 1 saturated carbocycles. The number of morpholine rings is 1. The molecule has 154 valence electrons. The molecule has 28 heavy (non-hydrogen) atoms. The number of piperidine rings is 1. The summed E-state index contributed by atoms with van der Waals surface area (Å²) >= 11 is 0. The monoisotopic (exact) mass is 387 g/mol. The Labute approximate surface area is 167 Å². The van der Waals surface area contributed by atoms with E-state index in [9.17, 15) is 4.79 Å². The van der Waals surface area contributed by atoms with Crippen LogP contribution in [0.5, 0.6) is 0 Å². The van der Waals surface area contributed by atoms with Gasteiger partial charge in [-0.25, -0.2) is 9.97 Å². The third-order valence-electron chi connectivity index (χ3n) is 6.21. The molecule has 4 rings (SSSR count). The molecule has 1 N–H and O–H groups in total. The predicted molar refractivity (Wildman–Crippen MR) is 108 cm³/mol. The lowest BCUT2D eigenvalue weighted by Crippen LogP contribution is -2.51. The second-order valence-electron chi connectivity index (χ2n) is 8.75. The van der Waals surface area contributed by atoms with Crippen LogP contribution in [0.2, 0.25) is 0 Å². The van der Waals surface area contributed by atoms with Crippen LogP contribution >= 0.6 is 0 Å². The van der Waals surface area contributed by atoms with Crippen LogP contribution in [-0.2, 0) is 9.53 Å². The van der Waals surface area contributed by atoms with Gasteiger partial charge in [-0.1, -0.05) is 0 Å². The van der Waals surface area contributed by atoms with Gasteiger partial charge in [0.2, 0.25) is 5.91 Å². The molecular weight excluding hydrogens is 354 g/mol. The molecule has 2 aliphatic heterocycles. The van der Waals surface area contributed by atoms with Crippen LogP contribution in [-0.4, -0.2) is 77.7 Å². The maximum Gasteiger partial charge on any atom is 0.248 e. The van der Waals surface area contributed by atoms with Gasteiger partial charge >= 0.3 is 0 Å². The van der Waals surface area contributed by atoms with Crippen molar-refractivity contribution in [2.45, 2.75) is 45.6 Å². The summed E-state index contributed by atoms with van der Waals surface area (Å²) in [5.41, 5.74) is 1.02. The van der Waals surface area contributed by atoms with Crippen molar-refractivity contribution in [2.75, 3.05) is 51.2 Å². The second kappa shape index (κ2) is 8.74. The molecule has 0 spiro atoms. The molecule has 7 nitrogen and oxygen atoms in total. The van der Waals surface area contributed by atoms with Crippen LogP contribution in [0.4, 0.5) is 5.82 Å². The molecule has 0 radical (unpaired) electrons. The van der Waals surface area contributed by atoms with Crippen molar-refractivity contribution in [3.05, 3.63) is 17.6 Å². The van der Waals surface area contributed by atoms with E-state index >= 15 is 0 Å². The van der Waals surface area contributed by atoms with Gasteiger partial charge in [0.1, 0.15) is 18.2 Å². The second-order valence-corrected chi connectivity index (χ2v) is 8.75. The van der Waals surface area contributed by atoms with Gasteiger partial charge in [-0.15, -0.1) is 0 Å². The van der Waals surface area contributed by atoms with Crippen molar-refractivity contribution in [3.8, 4) is 0 Å². The number of carbonyl (C=O) groups excluding carboxylic acids is 1. The fourth-order valence-corrected chi connectivity index (χ4v) is 4.23. The molecule has 1 aromatic heterocycles. The number of carbonyl (C=O) groups is 1. The van der Waals surface area contributed by atoms with Gasteiger partial charge in [-0.3, -0.25) is 4.79 Å². The molecule has 1 aromatic rings. The molecule has 0 aromatic carbocycles. The lowest BCUT2D eigenvalue weighted by molar-refractivity contribution is -0.149. The minimum Gasteiger partial charge on any atom is -0.367 e. The van der Waals surface area contributed by atoms with Crippen LogP contribution < -0.4 is 5.32 Å². The average Bonchev–Trinajstić information content (AvgIpc) is 3.50. The number of nitrogens with one attached hydrogen (secondary N) is 1. The molecule has 2 saturated heterocycles. The highest BCUT2D eigenvalue weighted by Crippen LogP contribution is 2.31. The van der Waals surface area contributed by atoms with E-state index in [0.717, 1.165) is 29.7 Å².